The van der Waals surface area contributed by atoms with Crippen molar-refractivity contribution in [3.63, 3.8) is 0 Å². The van der Waals surface area contributed by atoms with E-state index in [9.17, 15) is 9.90 Å². The van der Waals surface area contributed by atoms with Gasteiger partial charge in [0.15, 0.2) is 0 Å². The molecule has 0 saturated heterocycles. The fourth-order valence-corrected chi connectivity index (χ4v) is 2.82. The SMILES string of the molecule is Cc1ccccc1NCC(=O)N/N=C\c1cc(I)cc(C)c1O. The first-order valence-electron chi connectivity index (χ1n) is 7.08. The summed E-state index contributed by atoms with van der Waals surface area (Å²) in [7, 11) is 0. The highest BCUT2D eigenvalue weighted by Crippen LogP contribution is 2.23. The molecule has 0 aromatic heterocycles. The van der Waals surface area contributed by atoms with Gasteiger partial charge in [0.2, 0.25) is 0 Å². The zero-order valence-corrected chi connectivity index (χ0v) is 15.1. The van der Waals surface area contributed by atoms with E-state index in [0.29, 0.717) is 5.56 Å². The number of anilines is 1. The van der Waals surface area contributed by atoms with Gasteiger partial charge in [0.25, 0.3) is 5.91 Å². The Balaban J connectivity index is 1.91. The van der Waals surface area contributed by atoms with Gasteiger partial charge < -0.3 is 10.4 Å². The number of benzene rings is 2. The molecule has 0 fully saturated rings. The maximum atomic E-state index is 11.8. The zero-order valence-electron chi connectivity index (χ0n) is 12.9. The van der Waals surface area contributed by atoms with Gasteiger partial charge in [0.1, 0.15) is 5.75 Å². The number of aryl methyl sites for hydroxylation is 2. The Labute approximate surface area is 148 Å². The first-order valence-corrected chi connectivity index (χ1v) is 8.16. The number of hydrogen-bond acceptors (Lipinski definition) is 4. The summed E-state index contributed by atoms with van der Waals surface area (Å²) in [5.41, 5.74) is 5.77. The monoisotopic (exact) mass is 423 g/mol. The molecule has 0 heterocycles. The molecule has 0 spiro atoms. The molecule has 0 aliphatic rings. The Morgan fingerprint density at radius 1 is 1.26 bits per heavy atom. The summed E-state index contributed by atoms with van der Waals surface area (Å²) in [5.74, 6) is -0.0900. The molecule has 0 unspecified atom stereocenters. The molecule has 0 aliphatic carbocycles. The Morgan fingerprint density at radius 3 is 2.74 bits per heavy atom. The number of phenols is 1. The molecule has 2 rings (SSSR count). The Kier molecular flexibility index (Phi) is 5.97. The van der Waals surface area contributed by atoms with Gasteiger partial charge in [-0.05, 0) is 65.8 Å². The molecule has 6 heteroatoms. The average molecular weight is 423 g/mol. The third-order valence-corrected chi connectivity index (χ3v) is 3.89. The highest BCUT2D eigenvalue weighted by Gasteiger charge is 2.05. The van der Waals surface area contributed by atoms with Crippen LogP contribution in [0.4, 0.5) is 5.69 Å². The number of carbonyl (C=O) groups excluding carboxylic acids is 1. The predicted molar refractivity (Wildman–Crippen MR) is 101 cm³/mol. The molecule has 5 nitrogen and oxygen atoms in total. The summed E-state index contributed by atoms with van der Waals surface area (Å²) in [5, 5.41) is 16.9. The second-order valence-electron chi connectivity index (χ2n) is 5.12. The van der Waals surface area contributed by atoms with E-state index in [4.69, 9.17) is 0 Å². The van der Waals surface area contributed by atoms with E-state index in [1.807, 2.05) is 44.2 Å². The summed E-state index contributed by atoms with van der Waals surface area (Å²) >= 11 is 2.17. The smallest absolute Gasteiger partial charge is 0.259 e. The lowest BCUT2D eigenvalue weighted by molar-refractivity contribution is -0.119. The minimum Gasteiger partial charge on any atom is -0.507 e. The van der Waals surface area contributed by atoms with E-state index in [-0.39, 0.29) is 18.2 Å². The Hall–Kier alpha value is -2.09. The van der Waals surface area contributed by atoms with E-state index in [0.717, 1.165) is 20.4 Å². The van der Waals surface area contributed by atoms with Crippen molar-refractivity contribution in [2.45, 2.75) is 13.8 Å². The van der Waals surface area contributed by atoms with Gasteiger partial charge >= 0.3 is 0 Å². The van der Waals surface area contributed by atoms with E-state index >= 15 is 0 Å². The van der Waals surface area contributed by atoms with E-state index in [1.165, 1.54) is 6.21 Å². The van der Waals surface area contributed by atoms with Crippen LogP contribution in [0.1, 0.15) is 16.7 Å². The molecule has 0 bridgehead atoms. The zero-order chi connectivity index (χ0) is 16.8. The second-order valence-corrected chi connectivity index (χ2v) is 6.37. The predicted octanol–water partition coefficient (Wildman–Crippen LogP) is 3.18. The summed E-state index contributed by atoms with van der Waals surface area (Å²) in [4.78, 5) is 11.8. The molecule has 2 aromatic carbocycles. The van der Waals surface area contributed by atoms with Gasteiger partial charge in [-0.1, -0.05) is 18.2 Å². The fraction of sp³-hybridized carbons (Fsp3) is 0.176. The summed E-state index contributed by atoms with van der Waals surface area (Å²) in [6, 6.07) is 11.4. The lowest BCUT2D eigenvalue weighted by Crippen LogP contribution is -2.26. The van der Waals surface area contributed by atoms with Gasteiger partial charge in [0.05, 0.1) is 12.8 Å². The Morgan fingerprint density at radius 2 is 2.00 bits per heavy atom. The standard InChI is InChI=1S/C17H18IN3O2/c1-11-5-3-4-6-15(11)19-10-16(22)21-20-9-13-8-14(18)7-12(2)17(13)23/h3-9,19,23H,10H2,1-2H3,(H,21,22)/b20-9-. The second kappa shape index (κ2) is 7.96. The largest absolute Gasteiger partial charge is 0.507 e. The van der Waals surface area contributed by atoms with Crippen molar-refractivity contribution in [1.82, 2.24) is 5.43 Å². The van der Waals surface area contributed by atoms with Crippen molar-refractivity contribution >= 4 is 40.4 Å². The Bertz CT molecular complexity index is 745. The molecule has 0 saturated carbocycles. The van der Waals surface area contributed by atoms with Crippen molar-refractivity contribution < 1.29 is 9.90 Å². The molecule has 0 atom stereocenters. The first-order chi connectivity index (χ1) is 11.0. The first kappa shape index (κ1) is 17.3. The van der Waals surface area contributed by atoms with Crippen molar-refractivity contribution in [1.29, 1.82) is 0 Å². The van der Waals surface area contributed by atoms with E-state index in [1.54, 1.807) is 6.07 Å². The molecular formula is C17H18IN3O2. The highest BCUT2D eigenvalue weighted by molar-refractivity contribution is 14.1. The molecule has 0 aliphatic heterocycles. The van der Waals surface area contributed by atoms with Crippen LogP contribution in [0.3, 0.4) is 0 Å². The molecule has 3 N–H and O–H groups in total. The summed E-state index contributed by atoms with van der Waals surface area (Å²) < 4.78 is 0.992. The van der Waals surface area contributed by atoms with E-state index in [2.05, 4.69) is 38.4 Å². The lowest BCUT2D eigenvalue weighted by Gasteiger charge is -2.08. The number of hydrogen-bond donors (Lipinski definition) is 3. The topological polar surface area (TPSA) is 73.7 Å². The molecule has 0 radical (unpaired) electrons. The lowest BCUT2D eigenvalue weighted by atomic mass is 10.1. The van der Waals surface area contributed by atoms with Crippen molar-refractivity contribution in [2.24, 2.45) is 5.10 Å². The van der Waals surface area contributed by atoms with Gasteiger partial charge in [-0.25, -0.2) is 5.43 Å². The van der Waals surface area contributed by atoms with E-state index < -0.39 is 0 Å². The van der Waals surface area contributed by atoms with Gasteiger partial charge in [0, 0.05) is 14.8 Å². The number of phenolic OH excluding ortho intramolecular Hbond substituents is 1. The number of para-hydroxylation sites is 1. The quantitative estimate of drug-likeness (QED) is 0.393. The van der Waals surface area contributed by atoms with Crippen LogP contribution in [0.2, 0.25) is 0 Å². The molecular weight excluding hydrogens is 405 g/mol. The van der Waals surface area contributed by atoms with Crippen LogP contribution in [0, 0.1) is 17.4 Å². The molecule has 1 amide bonds. The summed E-state index contributed by atoms with van der Waals surface area (Å²) in [6.45, 7) is 3.92. The number of nitrogens with one attached hydrogen (secondary N) is 2. The molecule has 2 aromatic rings. The van der Waals surface area contributed by atoms with Crippen molar-refractivity contribution in [3.05, 3.63) is 56.7 Å². The van der Waals surface area contributed by atoms with Crippen molar-refractivity contribution in [3.8, 4) is 5.75 Å². The number of aromatic hydroxyl groups is 1. The average Bonchev–Trinajstić information content (AvgIpc) is 2.51. The maximum absolute atomic E-state index is 11.8. The number of rotatable bonds is 5. The van der Waals surface area contributed by atoms with Crippen LogP contribution in [0.25, 0.3) is 0 Å². The van der Waals surface area contributed by atoms with Crippen LogP contribution in [0.5, 0.6) is 5.75 Å². The minimum absolute atomic E-state index is 0.125. The number of halogens is 1. The van der Waals surface area contributed by atoms with Crippen LogP contribution >= 0.6 is 22.6 Å². The van der Waals surface area contributed by atoms with Gasteiger partial charge in [-0.15, -0.1) is 0 Å². The molecule has 120 valence electrons. The number of carbonyl (C=O) groups is 1. The van der Waals surface area contributed by atoms with Crippen molar-refractivity contribution in [2.75, 3.05) is 11.9 Å². The summed E-state index contributed by atoms with van der Waals surface area (Å²) in [6.07, 6.45) is 1.44. The van der Waals surface area contributed by atoms with Crippen LogP contribution in [-0.4, -0.2) is 23.8 Å². The van der Waals surface area contributed by atoms with Crippen LogP contribution < -0.4 is 10.7 Å². The van der Waals surface area contributed by atoms with Crippen LogP contribution in [0.15, 0.2) is 41.5 Å². The fourth-order valence-electron chi connectivity index (χ4n) is 2.02. The van der Waals surface area contributed by atoms with Gasteiger partial charge in [-0.2, -0.15) is 5.10 Å². The van der Waals surface area contributed by atoms with Crippen LogP contribution in [-0.2, 0) is 4.79 Å². The minimum atomic E-state index is -0.258. The number of hydrazone groups is 1. The third kappa shape index (κ3) is 4.95. The maximum Gasteiger partial charge on any atom is 0.259 e. The molecule has 23 heavy (non-hydrogen) atoms. The van der Waals surface area contributed by atoms with Gasteiger partial charge in [-0.3, -0.25) is 4.79 Å². The number of nitrogens with zero attached hydrogens (tertiary/aromatic N) is 1. The normalized spacial score (nSPS) is 10.7. The number of amides is 1. The third-order valence-electron chi connectivity index (χ3n) is 3.27. The highest BCUT2D eigenvalue weighted by atomic mass is 127.